The number of hydrogen-bond acceptors (Lipinski definition) is 3. The highest BCUT2D eigenvalue weighted by molar-refractivity contribution is 6.31. The molecular formula is C15H21ClN2O2. The van der Waals surface area contributed by atoms with Gasteiger partial charge in [-0.2, -0.15) is 0 Å². The molecule has 1 aromatic rings. The molecule has 0 spiro atoms. The summed E-state index contributed by atoms with van der Waals surface area (Å²) >= 11 is 6.01. The third-order valence-corrected chi connectivity index (χ3v) is 3.68. The number of hydrogen-bond donors (Lipinski definition) is 1. The van der Waals surface area contributed by atoms with Gasteiger partial charge in [0, 0.05) is 18.1 Å². The Hall–Kier alpha value is -1.26. The zero-order valence-electron chi connectivity index (χ0n) is 11.9. The lowest BCUT2D eigenvalue weighted by Crippen LogP contribution is -2.30. The topological polar surface area (TPSA) is 55.6 Å². The van der Waals surface area contributed by atoms with Crippen LogP contribution in [-0.4, -0.2) is 36.5 Å². The van der Waals surface area contributed by atoms with Crippen molar-refractivity contribution in [1.29, 1.82) is 0 Å². The van der Waals surface area contributed by atoms with Crippen LogP contribution in [0, 0.1) is 5.92 Å². The van der Waals surface area contributed by atoms with Gasteiger partial charge < -0.3 is 15.4 Å². The lowest BCUT2D eigenvalue weighted by Gasteiger charge is -2.20. The third-order valence-electron chi connectivity index (χ3n) is 3.44. The molecule has 4 nitrogen and oxygen atoms in total. The van der Waals surface area contributed by atoms with Crippen molar-refractivity contribution >= 4 is 17.5 Å². The van der Waals surface area contributed by atoms with Gasteiger partial charge in [-0.25, -0.2) is 0 Å². The van der Waals surface area contributed by atoms with E-state index in [-0.39, 0.29) is 12.0 Å². The first-order chi connectivity index (χ1) is 9.51. The van der Waals surface area contributed by atoms with Crippen LogP contribution in [0.4, 0.5) is 0 Å². The van der Waals surface area contributed by atoms with Crippen molar-refractivity contribution in [2.24, 2.45) is 11.7 Å². The predicted octanol–water partition coefficient (Wildman–Crippen LogP) is 2.55. The van der Waals surface area contributed by atoms with Crippen molar-refractivity contribution in [3.63, 3.8) is 0 Å². The summed E-state index contributed by atoms with van der Waals surface area (Å²) in [6.07, 6.45) is 0.974. The van der Waals surface area contributed by atoms with Crippen LogP contribution in [0.3, 0.4) is 0 Å². The molecule has 1 atom stereocenters. The van der Waals surface area contributed by atoms with Gasteiger partial charge in [0.25, 0.3) is 5.91 Å². The maximum absolute atomic E-state index is 12.6. The summed E-state index contributed by atoms with van der Waals surface area (Å²) < 4.78 is 5.70. The Labute approximate surface area is 124 Å². The Balaban J connectivity index is 2.22. The molecule has 1 heterocycles. The van der Waals surface area contributed by atoms with E-state index in [1.165, 1.54) is 0 Å². The first kappa shape index (κ1) is 15.1. The van der Waals surface area contributed by atoms with E-state index >= 15 is 0 Å². The lowest BCUT2D eigenvalue weighted by molar-refractivity contribution is 0.0781. The summed E-state index contributed by atoms with van der Waals surface area (Å²) in [6, 6.07) is 5.17. The number of nitrogens with two attached hydrogens (primary N) is 1. The molecule has 0 aliphatic carbocycles. The second-order valence-corrected chi connectivity index (χ2v) is 5.89. The number of likely N-dealkylation sites (tertiary alicyclic amines) is 1. The highest BCUT2D eigenvalue weighted by atomic mass is 35.5. The van der Waals surface area contributed by atoms with Crippen LogP contribution in [0.1, 0.15) is 30.6 Å². The monoisotopic (exact) mass is 296 g/mol. The molecule has 5 heteroatoms. The van der Waals surface area contributed by atoms with E-state index in [2.05, 4.69) is 0 Å². The Morgan fingerprint density at radius 1 is 1.55 bits per heavy atom. The molecule has 0 radical (unpaired) electrons. The smallest absolute Gasteiger partial charge is 0.257 e. The Bertz CT molecular complexity index is 491. The van der Waals surface area contributed by atoms with Gasteiger partial charge in [-0.05, 0) is 50.9 Å². The minimum Gasteiger partial charge on any atom is -0.490 e. The van der Waals surface area contributed by atoms with Gasteiger partial charge in [-0.1, -0.05) is 11.6 Å². The SMILES string of the molecule is CC(C)Oc1ccc(Cl)cc1C(=O)N1CCC(CN)C1. The van der Waals surface area contributed by atoms with E-state index in [9.17, 15) is 4.79 Å². The van der Waals surface area contributed by atoms with Crippen LogP contribution in [0.25, 0.3) is 0 Å². The molecule has 110 valence electrons. The van der Waals surface area contributed by atoms with Gasteiger partial charge in [0.2, 0.25) is 0 Å². The average molecular weight is 297 g/mol. The zero-order valence-corrected chi connectivity index (χ0v) is 12.7. The van der Waals surface area contributed by atoms with Crippen LogP contribution in [-0.2, 0) is 0 Å². The standard InChI is InChI=1S/C15H21ClN2O2/c1-10(2)20-14-4-3-12(16)7-13(14)15(19)18-6-5-11(8-17)9-18/h3-4,7,10-11H,5-6,8-9,17H2,1-2H3. The molecule has 1 unspecified atom stereocenters. The number of nitrogens with zero attached hydrogens (tertiary/aromatic N) is 1. The summed E-state index contributed by atoms with van der Waals surface area (Å²) in [7, 11) is 0. The second-order valence-electron chi connectivity index (χ2n) is 5.45. The van der Waals surface area contributed by atoms with E-state index in [0.717, 1.165) is 13.0 Å². The van der Waals surface area contributed by atoms with Crippen LogP contribution < -0.4 is 10.5 Å². The van der Waals surface area contributed by atoms with Gasteiger partial charge >= 0.3 is 0 Å². The molecule has 1 fully saturated rings. The fourth-order valence-electron chi connectivity index (χ4n) is 2.41. The first-order valence-electron chi connectivity index (χ1n) is 6.96. The van der Waals surface area contributed by atoms with E-state index in [1.807, 2.05) is 18.7 Å². The number of rotatable bonds is 4. The maximum Gasteiger partial charge on any atom is 0.257 e. The zero-order chi connectivity index (χ0) is 14.7. The molecule has 20 heavy (non-hydrogen) atoms. The molecule has 2 rings (SSSR count). The number of benzene rings is 1. The van der Waals surface area contributed by atoms with E-state index in [0.29, 0.717) is 35.3 Å². The van der Waals surface area contributed by atoms with Crippen molar-refractivity contribution in [1.82, 2.24) is 4.90 Å². The largest absolute Gasteiger partial charge is 0.490 e. The Morgan fingerprint density at radius 2 is 2.30 bits per heavy atom. The van der Waals surface area contributed by atoms with Crippen LogP contribution in [0.2, 0.25) is 5.02 Å². The molecule has 0 bridgehead atoms. The normalized spacial score (nSPS) is 18.6. The lowest BCUT2D eigenvalue weighted by atomic mass is 10.1. The third kappa shape index (κ3) is 3.44. The fourth-order valence-corrected chi connectivity index (χ4v) is 2.58. The molecule has 1 aromatic carbocycles. The molecule has 1 aliphatic heterocycles. The maximum atomic E-state index is 12.6. The van der Waals surface area contributed by atoms with E-state index in [1.54, 1.807) is 18.2 Å². The first-order valence-corrected chi connectivity index (χ1v) is 7.34. The summed E-state index contributed by atoms with van der Waals surface area (Å²) in [4.78, 5) is 14.4. The number of amides is 1. The Morgan fingerprint density at radius 3 is 2.90 bits per heavy atom. The number of ether oxygens (including phenoxy) is 1. The van der Waals surface area contributed by atoms with Gasteiger partial charge in [-0.15, -0.1) is 0 Å². The molecule has 0 saturated carbocycles. The van der Waals surface area contributed by atoms with E-state index < -0.39 is 0 Å². The van der Waals surface area contributed by atoms with Crippen molar-refractivity contribution < 1.29 is 9.53 Å². The number of carbonyl (C=O) groups is 1. The molecule has 0 aromatic heterocycles. The molecule has 1 saturated heterocycles. The van der Waals surface area contributed by atoms with Crippen molar-refractivity contribution in [2.45, 2.75) is 26.4 Å². The van der Waals surface area contributed by atoms with Gasteiger partial charge in [0.05, 0.1) is 11.7 Å². The molecule has 2 N–H and O–H groups in total. The van der Waals surface area contributed by atoms with Crippen LogP contribution in [0.5, 0.6) is 5.75 Å². The molecular weight excluding hydrogens is 276 g/mol. The van der Waals surface area contributed by atoms with Gasteiger partial charge in [0.1, 0.15) is 5.75 Å². The van der Waals surface area contributed by atoms with E-state index in [4.69, 9.17) is 22.1 Å². The quantitative estimate of drug-likeness (QED) is 0.929. The highest BCUT2D eigenvalue weighted by Gasteiger charge is 2.28. The number of carbonyl (C=O) groups excluding carboxylic acids is 1. The summed E-state index contributed by atoms with van der Waals surface area (Å²) in [6.45, 7) is 5.94. The van der Waals surface area contributed by atoms with Gasteiger partial charge in [-0.3, -0.25) is 4.79 Å². The minimum absolute atomic E-state index is 0.0121. The van der Waals surface area contributed by atoms with Crippen molar-refractivity contribution in [3.05, 3.63) is 28.8 Å². The highest BCUT2D eigenvalue weighted by Crippen LogP contribution is 2.27. The van der Waals surface area contributed by atoms with Crippen molar-refractivity contribution in [3.8, 4) is 5.75 Å². The van der Waals surface area contributed by atoms with Crippen molar-refractivity contribution in [2.75, 3.05) is 19.6 Å². The molecule has 1 aliphatic rings. The Kier molecular flexibility index (Phi) is 4.89. The van der Waals surface area contributed by atoms with Gasteiger partial charge in [0.15, 0.2) is 0 Å². The summed E-state index contributed by atoms with van der Waals surface area (Å²) in [5.74, 6) is 0.956. The molecule has 1 amide bonds. The second kappa shape index (κ2) is 6.46. The summed E-state index contributed by atoms with van der Waals surface area (Å²) in [5, 5.41) is 0.541. The van der Waals surface area contributed by atoms with Crippen LogP contribution >= 0.6 is 11.6 Å². The average Bonchev–Trinajstić information content (AvgIpc) is 2.88. The predicted molar refractivity (Wildman–Crippen MR) is 80.3 cm³/mol. The minimum atomic E-state index is -0.0286. The van der Waals surface area contributed by atoms with Crippen LogP contribution in [0.15, 0.2) is 18.2 Å². The summed E-state index contributed by atoms with van der Waals surface area (Å²) in [5.41, 5.74) is 6.20. The number of halogens is 1. The fraction of sp³-hybridized carbons (Fsp3) is 0.533.